The standard InChI is InChI=1S/C29H44O6/c30-23-29(24-34-22-25-17-13-12-14-18-25)21-26(28(33)35-29)19-15-10-8-6-4-2-1-3-5-7-9-11-16-20-27(31)32/h12-14,17-19,30H,1-11,15-16,20-24H2,(H,31,32)/b26-19-. The quantitative estimate of drug-likeness (QED) is 0.126. The van der Waals surface area contributed by atoms with E-state index in [1.165, 1.54) is 44.9 Å². The van der Waals surface area contributed by atoms with Crippen molar-refractivity contribution in [3.05, 3.63) is 47.5 Å². The van der Waals surface area contributed by atoms with E-state index in [1.54, 1.807) is 0 Å². The van der Waals surface area contributed by atoms with E-state index in [4.69, 9.17) is 14.6 Å². The van der Waals surface area contributed by atoms with Crippen molar-refractivity contribution in [1.82, 2.24) is 0 Å². The molecule has 1 unspecified atom stereocenters. The number of aliphatic carboxylic acids is 1. The maximum absolute atomic E-state index is 12.3. The third-order valence-electron chi connectivity index (χ3n) is 6.58. The van der Waals surface area contributed by atoms with Crippen LogP contribution in [0.2, 0.25) is 0 Å². The van der Waals surface area contributed by atoms with Gasteiger partial charge in [0.25, 0.3) is 0 Å². The van der Waals surface area contributed by atoms with E-state index in [0.717, 1.165) is 44.1 Å². The molecular weight excluding hydrogens is 444 g/mol. The van der Waals surface area contributed by atoms with Gasteiger partial charge < -0.3 is 19.7 Å². The highest BCUT2D eigenvalue weighted by Gasteiger charge is 2.43. The van der Waals surface area contributed by atoms with E-state index in [0.29, 0.717) is 25.0 Å². The summed E-state index contributed by atoms with van der Waals surface area (Å²) in [6, 6.07) is 9.82. The van der Waals surface area contributed by atoms with Crippen molar-refractivity contribution in [3.63, 3.8) is 0 Å². The number of ether oxygens (including phenoxy) is 2. The molecule has 0 saturated carbocycles. The van der Waals surface area contributed by atoms with Crippen LogP contribution in [0.25, 0.3) is 0 Å². The minimum atomic E-state index is -0.962. The first-order valence-corrected chi connectivity index (χ1v) is 13.4. The highest BCUT2D eigenvalue weighted by Crippen LogP contribution is 2.32. The number of hydrogen-bond acceptors (Lipinski definition) is 5. The number of benzene rings is 1. The average molecular weight is 489 g/mol. The molecule has 35 heavy (non-hydrogen) atoms. The molecule has 2 N–H and O–H groups in total. The Balaban J connectivity index is 1.48. The van der Waals surface area contributed by atoms with E-state index < -0.39 is 11.6 Å². The molecule has 1 heterocycles. The van der Waals surface area contributed by atoms with Gasteiger partial charge in [0.15, 0.2) is 5.60 Å². The molecule has 6 nitrogen and oxygen atoms in total. The second-order valence-corrected chi connectivity index (χ2v) is 9.79. The fourth-order valence-corrected chi connectivity index (χ4v) is 4.48. The van der Waals surface area contributed by atoms with Gasteiger partial charge in [-0.15, -0.1) is 0 Å². The number of carboxylic acid groups (broad SMARTS) is 1. The van der Waals surface area contributed by atoms with E-state index in [1.807, 2.05) is 36.4 Å². The molecular formula is C29H44O6. The van der Waals surface area contributed by atoms with Crippen molar-refractivity contribution in [2.45, 2.75) is 109 Å². The van der Waals surface area contributed by atoms with Crippen molar-refractivity contribution in [1.29, 1.82) is 0 Å². The number of carboxylic acids is 1. The molecule has 0 radical (unpaired) electrons. The van der Waals surface area contributed by atoms with Gasteiger partial charge in [0, 0.05) is 18.4 Å². The van der Waals surface area contributed by atoms with Gasteiger partial charge in [0.2, 0.25) is 0 Å². The third kappa shape index (κ3) is 12.4. The minimum Gasteiger partial charge on any atom is -0.481 e. The molecule has 1 fully saturated rings. The highest BCUT2D eigenvalue weighted by atomic mass is 16.6. The van der Waals surface area contributed by atoms with Crippen LogP contribution in [0.1, 0.15) is 102 Å². The Morgan fingerprint density at radius 2 is 1.49 bits per heavy atom. The van der Waals surface area contributed by atoms with Crippen molar-refractivity contribution < 1.29 is 29.3 Å². The van der Waals surface area contributed by atoms with E-state index >= 15 is 0 Å². The first kappa shape index (κ1) is 29.1. The summed E-state index contributed by atoms with van der Waals surface area (Å²) in [6.45, 7) is 0.371. The molecule has 0 aliphatic carbocycles. The lowest BCUT2D eigenvalue weighted by Gasteiger charge is -2.24. The van der Waals surface area contributed by atoms with Gasteiger partial charge in [-0.2, -0.15) is 0 Å². The number of allylic oxidation sites excluding steroid dienone is 1. The topological polar surface area (TPSA) is 93.1 Å². The van der Waals surface area contributed by atoms with Gasteiger partial charge in [-0.1, -0.05) is 101 Å². The number of esters is 1. The Bertz CT molecular complexity index is 760. The molecule has 0 bridgehead atoms. The molecule has 1 atom stereocenters. The highest BCUT2D eigenvalue weighted by molar-refractivity contribution is 5.91. The van der Waals surface area contributed by atoms with Crippen LogP contribution in [-0.4, -0.2) is 41.0 Å². The third-order valence-corrected chi connectivity index (χ3v) is 6.58. The Kier molecular flexibility index (Phi) is 14.3. The molecule has 196 valence electrons. The summed E-state index contributed by atoms with van der Waals surface area (Å²) in [5, 5.41) is 18.5. The lowest BCUT2D eigenvalue weighted by molar-refractivity contribution is -0.157. The van der Waals surface area contributed by atoms with Crippen LogP contribution in [0, 0.1) is 0 Å². The SMILES string of the molecule is O=C(O)CCCCCCCCCCCCCC/C=C1/CC(CO)(COCc2ccccc2)OC1=O. The summed E-state index contributed by atoms with van der Waals surface area (Å²) < 4.78 is 11.3. The van der Waals surface area contributed by atoms with Crippen LogP contribution >= 0.6 is 0 Å². The van der Waals surface area contributed by atoms with Crippen LogP contribution in [0.5, 0.6) is 0 Å². The van der Waals surface area contributed by atoms with Crippen molar-refractivity contribution in [2.75, 3.05) is 13.2 Å². The zero-order valence-corrected chi connectivity index (χ0v) is 21.2. The number of hydrogen-bond donors (Lipinski definition) is 2. The van der Waals surface area contributed by atoms with Gasteiger partial charge in [0.05, 0.1) is 19.8 Å². The molecule has 0 amide bonds. The van der Waals surface area contributed by atoms with E-state index in [9.17, 15) is 14.7 Å². The Labute approximate surface area is 210 Å². The second-order valence-electron chi connectivity index (χ2n) is 9.79. The fraction of sp³-hybridized carbons (Fsp3) is 0.655. The first-order chi connectivity index (χ1) is 17.0. The number of rotatable bonds is 20. The summed E-state index contributed by atoms with van der Waals surface area (Å²) in [5.74, 6) is -1.02. The Morgan fingerprint density at radius 3 is 2.06 bits per heavy atom. The van der Waals surface area contributed by atoms with Crippen LogP contribution in [0.3, 0.4) is 0 Å². The van der Waals surface area contributed by atoms with Crippen molar-refractivity contribution in [2.24, 2.45) is 0 Å². The summed E-state index contributed by atoms with van der Waals surface area (Å²) >= 11 is 0. The lowest BCUT2D eigenvalue weighted by atomic mass is 9.98. The van der Waals surface area contributed by atoms with Crippen LogP contribution in [0.4, 0.5) is 0 Å². The monoisotopic (exact) mass is 488 g/mol. The van der Waals surface area contributed by atoms with Crippen LogP contribution in [0.15, 0.2) is 42.0 Å². The average Bonchev–Trinajstić information content (AvgIpc) is 3.17. The van der Waals surface area contributed by atoms with Gasteiger partial charge >= 0.3 is 11.9 Å². The number of carbonyl (C=O) groups is 2. The fourth-order valence-electron chi connectivity index (χ4n) is 4.48. The summed E-state index contributed by atoms with van der Waals surface area (Å²) in [6.07, 6.45) is 17.5. The molecule has 1 aromatic rings. The molecule has 1 aromatic carbocycles. The van der Waals surface area contributed by atoms with Gasteiger partial charge in [0.1, 0.15) is 0 Å². The molecule has 6 heteroatoms. The Morgan fingerprint density at radius 1 is 0.914 bits per heavy atom. The number of unbranched alkanes of at least 4 members (excludes halogenated alkanes) is 12. The normalized spacial score (nSPS) is 18.8. The second kappa shape index (κ2) is 17.3. The van der Waals surface area contributed by atoms with Crippen LogP contribution in [-0.2, 0) is 25.7 Å². The Hall–Kier alpha value is -2.18. The lowest BCUT2D eigenvalue weighted by Crippen LogP contribution is -2.38. The number of carbonyl (C=O) groups excluding carboxylic acids is 1. The largest absolute Gasteiger partial charge is 0.481 e. The van der Waals surface area contributed by atoms with Gasteiger partial charge in [-0.05, 0) is 24.8 Å². The van der Waals surface area contributed by atoms with Gasteiger partial charge in [-0.3, -0.25) is 4.79 Å². The molecule has 0 aromatic heterocycles. The molecule has 0 spiro atoms. The number of aliphatic hydroxyl groups excluding tert-OH is 1. The number of cyclic esters (lactones) is 1. The zero-order chi connectivity index (χ0) is 25.2. The molecule has 2 rings (SSSR count). The summed E-state index contributed by atoms with van der Waals surface area (Å²) in [4.78, 5) is 22.8. The van der Waals surface area contributed by atoms with Crippen molar-refractivity contribution in [3.8, 4) is 0 Å². The summed E-state index contributed by atoms with van der Waals surface area (Å²) in [7, 11) is 0. The van der Waals surface area contributed by atoms with Gasteiger partial charge in [-0.25, -0.2) is 4.79 Å². The van der Waals surface area contributed by atoms with E-state index in [2.05, 4.69) is 0 Å². The number of aliphatic hydroxyl groups is 1. The predicted molar refractivity (Wildman–Crippen MR) is 137 cm³/mol. The molecule has 1 saturated heterocycles. The smallest absolute Gasteiger partial charge is 0.334 e. The van der Waals surface area contributed by atoms with Crippen molar-refractivity contribution >= 4 is 11.9 Å². The van der Waals surface area contributed by atoms with E-state index in [-0.39, 0.29) is 19.2 Å². The molecule has 1 aliphatic rings. The molecule has 1 aliphatic heterocycles. The maximum Gasteiger partial charge on any atom is 0.334 e. The maximum atomic E-state index is 12.3. The van der Waals surface area contributed by atoms with Crippen LogP contribution < -0.4 is 0 Å². The predicted octanol–water partition coefficient (Wildman–Crippen LogP) is 6.35. The summed E-state index contributed by atoms with van der Waals surface area (Å²) in [5.41, 5.74) is 0.742. The zero-order valence-electron chi connectivity index (χ0n) is 21.2. The first-order valence-electron chi connectivity index (χ1n) is 13.4. The minimum absolute atomic E-state index is 0.187.